The van der Waals surface area contributed by atoms with E-state index in [-0.39, 0.29) is 17.3 Å². The first-order valence-electron chi connectivity index (χ1n) is 11.1. The fraction of sp³-hybridized carbons (Fsp3) is 0.333. The van der Waals surface area contributed by atoms with E-state index in [1.165, 1.54) is 10.7 Å². The number of rotatable bonds is 4. The van der Waals surface area contributed by atoms with Crippen molar-refractivity contribution in [1.29, 1.82) is 0 Å². The van der Waals surface area contributed by atoms with Crippen LogP contribution in [0.2, 0.25) is 0 Å². The molecule has 1 fully saturated rings. The van der Waals surface area contributed by atoms with Crippen molar-refractivity contribution < 1.29 is 9.18 Å². The number of anilines is 2. The molecule has 5 rings (SSSR count). The lowest BCUT2D eigenvalue weighted by atomic mass is 10.0. The Morgan fingerprint density at radius 2 is 2.00 bits per heavy atom. The van der Waals surface area contributed by atoms with Gasteiger partial charge < -0.3 is 15.5 Å². The smallest absolute Gasteiger partial charge is 0.257 e. The van der Waals surface area contributed by atoms with Crippen molar-refractivity contribution in [2.75, 3.05) is 23.3 Å². The second kappa shape index (κ2) is 8.81. The van der Waals surface area contributed by atoms with Crippen LogP contribution in [-0.4, -0.2) is 50.8 Å². The molecular weight excluding hydrogens is 457 g/mol. The number of piperazine rings is 1. The Hall–Kier alpha value is -3.30. The van der Waals surface area contributed by atoms with Crippen molar-refractivity contribution in [1.82, 2.24) is 25.1 Å². The van der Waals surface area contributed by atoms with E-state index in [1.807, 2.05) is 6.07 Å². The SMILES string of the molecule is C[C@@H]1CN(c2ccc(C(=O)Nc3cc(F)c4nn(C)cc4c3)c3nc(CCl)ncc23)C[C@H](C)N1. The molecule has 0 saturated carbocycles. The zero-order chi connectivity index (χ0) is 24.0. The lowest BCUT2D eigenvalue weighted by Gasteiger charge is -2.38. The maximum Gasteiger partial charge on any atom is 0.257 e. The molecule has 0 aliphatic carbocycles. The first kappa shape index (κ1) is 22.5. The summed E-state index contributed by atoms with van der Waals surface area (Å²) in [6.07, 6.45) is 3.43. The number of fused-ring (bicyclic) bond motifs is 2. The van der Waals surface area contributed by atoms with Gasteiger partial charge >= 0.3 is 0 Å². The third-order valence-corrected chi connectivity index (χ3v) is 6.21. The number of alkyl halides is 1. The summed E-state index contributed by atoms with van der Waals surface area (Å²) in [5, 5.41) is 11.8. The van der Waals surface area contributed by atoms with Gasteiger partial charge in [-0.2, -0.15) is 5.10 Å². The van der Waals surface area contributed by atoms with Crippen LogP contribution in [0.3, 0.4) is 0 Å². The van der Waals surface area contributed by atoms with Crippen LogP contribution < -0.4 is 15.5 Å². The summed E-state index contributed by atoms with van der Waals surface area (Å²) in [6, 6.07) is 7.30. The standard InChI is InChI=1S/C24H25ClFN7O/c1-13-10-33(11-14(2)28-13)20-5-4-17(23-18(20)9-27-21(8-25)30-23)24(34)29-16-6-15-12-32(3)31-22(15)19(26)7-16/h4-7,9,12-14,28H,8,10-11H2,1-3H3,(H,29,34)/t13-,14+. The van der Waals surface area contributed by atoms with E-state index in [0.29, 0.717) is 40.1 Å². The first-order chi connectivity index (χ1) is 16.3. The molecule has 0 unspecified atom stereocenters. The number of carbonyl (C=O) groups is 1. The fourth-order valence-corrected chi connectivity index (χ4v) is 4.80. The highest BCUT2D eigenvalue weighted by molar-refractivity contribution is 6.17. The predicted octanol–water partition coefficient (Wildman–Crippen LogP) is 3.83. The fourth-order valence-electron chi connectivity index (χ4n) is 4.67. The molecule has 34 heavy (non-hydrogen) atoms. The molecule has 8 nitrogen and oxygen atoms in total. The minimum atomic E-state index is -0.498. The average molecular weight is 482 g/mol. The number of carbonyl (C=O) groups excluding carboxylic acids is 1. The van der Waals surface area contributed by atoms with E-state index in [2.05, 4.69) is 44.4 Å². The summed E-state index contributed by atoms with van der Waals surface area (Å²) in [7, 11) is 1.72. The van der Waals surface area contributed by atoms with Crippen molar-refractivity contribution in [2.45, 2.75) is 31.8 Å². The minimum Gasteiger partial charge on any atom is -0.368 e. The number of nitrogens with zero attached hydrogens (tertiary/aromatic N) is 5. The van der Waals surface area contributed by atoms with Gasteiger partial charge in [-0.25, -0.2) is 14.4 Å². The molecule has 2 aromatic heterocycles. The Kier molecular flexibility index (Phi) is 5.83. The zero-order valence-electron chi connectivity index (χ0n) is 19.1. The predicted molar refractivity (Wildman–Crippen MR) is 132 cm³/mol. The highest BCUT2D eigenvalue weighted by Crippen LogP contribution is 2.31. The van der Waals surface area contributed by atoms with Gasteiger partial charge in [0.2, 0.25) is 0 Å². The van der Waals surface area contributed by atoms with Crippen molar-refractivity contribution in [3.8, 4) is 0 Å². The molecule has 10 heteroatoms. The van der Waals surface area contributed by atoms with Crippen molar-refractivity contribution in [3.63, 3.8) is 0 Å². The second-order valence-corrected chi connectivity index (χ2v) is 9.11. The lowest BCUT2D eigenvalue weighted by Crippen LogP contribution is -2.54. The van der Waals surface area contributed by atoms with Gasteiger partial charge in [-0.3, -0.25) is 9.48 Å². The molecule has 1 aliphatic rings. The van der Waals surface area contributed by atoms with Crippen molar-refractivity contribution in [2.24, 2.45) is 7.05 Å². The normalized spacial score (nSPS) is 18.6. The monoisotopic (exact) mass is 481 g/mol. The Morgan fingerprint density at radius 3 is 2.74 bits per heavy atom. The summed E-state index contributed by atoms with van der Waals surface area (Å²) < 4.78 is 16.0. The molecule has 1 amide bonds. The Balaban J connectivity index is 1.54. The van der Waals surface area contributed by atoms with Gasteiger partial charge in [0.25, 0.3) is 5.91 Å². The molecule has 2 N–H and O–H groups in total. The van der Waals surface area contributed by atoms with Gasteiger partial charge in [-0.05, 0) is 38.1 Å². The van der Waals surface area contributed by atoms with Crippen LogP contribution in [0, 0.1) is 5.82 Å². The molecule has 1 saturated heterocycles. The summed E-state index contributed by atoms with van der Waals surface area (Å²) in [6.45, 7) is 5.94. The minimum absolute atomic E-state index is 0.131. The molecule has 0 bridgehead atoms. The molecule has 4 aromatic rings. The van der Waals surface area contributed by atoms with E-state index >= 15 is 0 Å². The molecular formula is C24H25ClFN7O. The van der Waals surface area contributed by atoms with Gasteiger partial charge in [-0.15, -0.1) is 11.6 Å². The Morgan fingerprint density at radius 1 is 1.24 bits per heavy atom. The van der Waals surface area contributed by atoms with E-state index in [4.69, 9.17) is 11.6 Å². The maximum absolute atomic E-state index is 14.5. The van der Waals surface area contributed by atoms with E-state index in [1.54, 1.807) is 31.6 Å². The van der Waals surface area contributed by atoms with Gasteiger partial charge in [0.15, 0.2) is 5.82 Å². The van der Waals surface area contributed by atoms with Crippen LogP contribution in [0.15, 0.2) is 36.7 Å². The van der Waals surface area contributed by atoms with Crippen molar-refractivity contribution in [3.05, 3.63) is 53.9 Å². The van der Waals surface area contributed by atoms with Crippen LogP contribution in [0.4, 0.5) is 15.8 Å². The first-order valence-corrected chi connectivity index (χ1v) is 11.7. The van der Waals surface area contributed by atoms with E-state index in [0.717, 1.165) is 24.2 Å². The van der Waals surface area contributed by atoms with Crippen LogP contribution in [0.25, 0.3) is 21.8 Å². The Labute approximate surface area is 201 Å². The molecule has 176 valence electrons. The largest absolute Gasteiger partial charge is 0.368 e. The second-order valence-electron chi connectivity index (χ2n) is 8.84. The molecule has 1 aliphatic heterocycles. The van der Waals surface area contributed by atoms with Gasteiger partial charge in [0, 0.05) is 66.8 Å². The molecule has 0 radical (unpaired) electrons. The topological polar surface area (TPSA) is 88.0 Å². The van der Waals surface area contributed by atoms with E-state index in [9.17, 15) is 9.18 Å². The lowest BCUT2D eigenvalue weighted by molar-refractivity contribution is 0.102. The number of benzene rings is 2. The Bertz CT molecular complexity index is 1400. The molecule has 0 spiro atoms. The van der Waals surface area contributed by atoms with E-state index < -0.39 is 5.82 Å². The number of aromatic nitrogens is 4. The molecule has 2 atom stereocenters. The van der Waals surface area contributed by atoms with Crippen LogP contribution >= 0.6 is 11.6 Å². The summed E-state index contributed by atoms with van der Waals surface area (Å²) in [4.78, 5) is 24.5. The van der Waals surface area contributed by atoms with Gasteiger partial charge in [0.05, 0.1) is 17.0 Å². The number of hydrogen-bond donors (Lipinski definition) is 2. The average Bonchev–Trinajstić information content (AvgIpc) is 3.18. The number of halogens is 2. The summed E-state index contributed by atoms with van der Waals surface area (Å²) in [5.74, 6) is -0.320. The van der Waals surface area contributed by atoms with Crippen molar-refractivity contribution >= 4 is 50.7 Å². The maximum atomic E-state index is 14.5. The number of aryl methyl sites for hydroxylation is 1. The quantitative estimate of drug-likeness (QED) is 0.431. The summed E-state index contributed by atoms with van der Waals surface area (Å²) in [5.41, 5.74) is 2.46. The summed E-state index contributed by atoms with van der Waals surface area (Å²) >= 11 is 6.00. The highest BCUT2D eigenvalue weighted by Gasteiger charge is 2.24. The van der Waals surface area contributed by atoms with Gasteiger partial charge in [-0.1, -0.05) is 0 Å². The zero-order valence-corrected chi connectivity index (χ0v) is 19.9. The van der Waals surface area contributed by atoms with Crippen LogP contribution in [-0.2, 0) is 12.9 Å². The number of nitrogens with one attached hydrogen (secondary N) is 2. The number of hydrogen-bond acceptors (Lipinski definition) is 6. The van der Waals surface area contributed by atoms with Crippen LogP contribution in [0.1, 0.15) is 30.0 Å². The molecule has 2 aromatic carbocycles. The third kappa shape index (κ3) is 4.17. The molecule has 3 heterocycles. The van der Waals surface area contributed by atoms with Gasteiger partial charge in [0.1, 0.15) is 11.3 Å². The van der Waals surface area contributed by atoms with Crippen LogP contribution in [0.5, 0.6) is 0 Å². The highest BCUT2D eigenvalue weighted by atomic mass is 35.5. The third-order valence-electron chi connectivity index (χ3n) is 5.97. The number of amides is 1.